The van der Waals surface area contributed by atoms with Crippen LogP contribution in [0.25, 0.3) is 22.2 Å². The Hall–Kier alpha value is -2.32. The maximum atomic E-state index is 5.85. The van der Waals surface area contributed by atoms with Crippen LogP contribution in [0.2, 0.25) is 0 Å². The van der Waals surface area contributed by atoms with Crippen LogP contribution in [-0.2, 0) is 16.0 Å². The van der Waals surface area contributed by atoms with E-state index in [0.29, 0.717) is 30.0 Å². The molecule has 1 aliphatic rings. The van der Waals surface area contributed by atoms with Gasteiger partial charge in [-0.25, -0.2) is 19.9 Å². The van der Waals surface area contributed by atoms with Crippen molar-refractivity contribution in [3.05, 3.63) is 18.7 Å². The van der Waals surface area contributed by atoms with Gasteiger partial charge in [0, 0.05) is 0 Å². The summed E-state index contributed by atoms with van der Waals surface area (Å²) in [6.45, 7) is 4.99. The van der Waals surface area contributed by atoms with Crippen molar-refractivity contribution in [1.82, 2.24) is 24.5 Å². The van der Waals surface area contributed by atoms with Gasteiger partial charge in [-0.2, -0.15) is 0 Å². The summed E-state index contributed by atoms with van der Waals surface area (Å²) in [5.74, 6) is -0.133. The molecule has 8 nitrogen and oxygen atoms in total. The predicted molar refractivity (Wildman–Crippen MR) is 79.9 cm³/mol. The third-order valence-electron chi connectivity index (χ3n) is 3.69. The van der Waals surface area contributed by atoms with E-state index in [1.807, 2.05) is 24.5 Å². The van der Waals surface area contributed by atoms with Gasteiger partial charge >= 0.3 is 0 Å². The Bertz CT molecular complexity index is 859. The first-order valence-electron chi connectivity index (χ1n) is 7.06. The normalized spacial score (nSPS) is 20.9. The molecule has 2 N–H and O–H groups in total. The largest absolute Gasteiger partial charge is 0.383 e. The summed E-state index contributed by atoms with van der Waals surface area (Å²) in [4.78, 5) is 17.1. The maximum Gasteiger partial charge on any atom is 0.167 e. The van der Waals surface area contributed by atoms with E-state index in [9.17, 15) is 0 Å². The molecule has 4 heterocycles. The molecule has 0 unspecified atom stereocenters. The number of ether oxygens (including phenoxy) is 2. The molecule has 22 heavy (non-hydrogen) atoms. The molecular formula is C14H16N6O2. The molecule has 0 bridgehead atoms. The highest BCUT2D eigenvalue weighted by Crippen LogP contribution is 2.25. The summed E-state index contributed by atoms with van der Waals surface area (Å²) in [7, 11) is 0. The summed E-state index contributed by atoms with van der Waals surface area (Å²) >= 11 is 0. The van der Waals surface area contributed by atoms with Crippen molar-refractivity contribution in [3.8, 4) is 0 Å². The van der Waals surface area contributed by atoms with Crippen LogP contribution in [-0.4, -0.2) is 43.0 Å². The SMILES string of the molecule is CC1(C)OC[C@H](Cn2cnc3cc4c(N)ncnc4nc32)O1. The number of hydrogen-bond acceptors (Lipinski definition) is 7. The highest BCUT2D eigenvalue weighted by atomic mass is 16.7. The van der Waals surface area contributed by atoms with Crippen LogP contribution in [0.1, 0.15) is 13.8 Å². The lowest BCUT2D eigenvalue weighted by Crippen LogP contribution is -2.24. The number of rotatable bonds is 2. The first kappa shape index (κ1) is 13.4. The van der Waals surface area contributed by atoms with Crippen LogP contribution < -0.4 is 5.73 Å². The zero-order valence-electron chi connectivity index (χ0n) is 12.4. The lowest BCUT2D eigenvalue weighted by atomic mass is 10.3. The molecule has 1 atom stereocenters. The van der Waals surface area contributed by atoms with Gasteiger partial charge in [0.05, 0.1) is 24.9 Å². The van der Waals surface area contributed by atoms with E-state index in [4.69, 9.17) is 15.2 Å². The molecule has 114 valence electrons. The minimum absolute atomic E-state index is 0.0274. The minimum Gasteiger partial charge on any atom is -0.383 e. The first-order chi connectivity index (χ1) is 10.5. The molecule has 3 aromatic heterocycles. The molecule has 8 heteroatoms. The van der Waals surface area contributed by atoms with E-state index in [-0.39, 0.29) is 6.10 Å². The number of hydrogen-bond donors (Lipinski definition) is 1. The van der Waals surface area contributed by atoms with E-state index in [1.54, 1.807) is 6.33 Å². The van der Waals surface area contributed by atoms with Crippen molar-refractivity contribution in [2.45, 2.75) is 32.3 Å². The molecule has 1 saturated heterocycles. The quantitative estimate of drug-likeness (QED) is 0.756. The lowest BCUT2D eigenvalue weighted by Gasteiger charge is -2.17. The van der Waals surface area contributed by atoms with Gasteiger partial charge in [0.1, 0.15) is 23.8 Å². The molecule has 0 radical (unpaired) electrons. The van der Waals surface area contributed by atoms with Crippen molar-refractivity contribution in [2.24, 2.45) is 0 Å². The van der Waals surface area contributed by atoms with Crippen molar-refractivity contribution < 1.29 is 9.47 Å². The monoisotopic (exact) mass is 300 g/mol. The summed E-state index contributed by atoms with van der Waals surface area (Å²) < 4.78 is 13.4. The van der Waals surface area contributed by atoms with Crippen molar-refractivity contribution >= 4 is 28.0 Å². The molecule has 4 rings (SSSR count). The highest BCUT2D eigenvalue weighted by Gasteiger charge is 2.33. The zero-order valence-corrected chi connectivity index (χ0v) is 12.4. The molecule has 1 fully saturated rings. The highest BCUT2D eigenvalue weighted by molar-refractivity contribution is 5.93. The standard InChI is InChI=1S/C14H16N6O2/c1-14(2)21-5-8(22-14)4-20-7-18-10-3-9-11(15)16-6-17-12(9)19-13(10)20/h3,6-8H,4-5H2,1-2H3,(H2,15,16,17,19)/t8-/m0/s1. The van der Waals surface area contributed by atoms with Gasteiger partial charge in [0.2, 0.25) is 0 Å². The molecule has 1 aliphatic heterocycles. The minimum atomic E-state index is -0.539. The van der Waals surface area contributed by atoms with Crippen LogP contribution in [0.15, 0.2) is 18.7 Å². The third-order valence-corrected chi connectivity index (χ3v) is 3.69. The van der Waals surface area contributed by atoms with Crippen LogP contribution in [0.5, 0.6) is 0 Å². The van der Waals surface area contributed by atoms with E-state index >= 15 is 0 Å². The summed E-state index contributed by atoms with van der Waals surface area (Å²) in [5, 5.41) is 0.710. The number of nitrogens with two attached hydrogens (primary N) is 1. The van der Waals surface area contributed by atoms with E-state index in [2.05, 4.69) is 19.9 Å². The number of imidazole rings is 1. The number of anilines is 1. The van der Waals surface area contributed by atoms with Crippen molar-refractivity contribution in [1.29, 1.82) is 0 Å². The number of nitrogens with zero attached hydrogens (tertiary/aromatic N) is 5. The smallest absolute Gasteiger partial charge is 0.167 e. The predicted octanol–water partition coefficient (Wildman–Crippen LogP) is 1.11. The molecule has 0 amide bonds. The molecule has 0 aliphatic carbocycles. The number of nitrogen functional groups attached to an aromatic ring is 1. The fourth-order valence-electron chi connectivity index (χ4n) is 2.68. The van der Waals surface area contributed by atoms with E-state index in [1.165, 1.54) is 6.33 Å². The topological polar surface area (TPSA) is 101 Å². The Morgan fingerprint density at radius 3 is 3.00 bits per heavy atom. The molecule has 0 aromatic carbocycles. The van der Waals surface area contributed by atoms with Crippen LogP contribution in [0, 0.1) is 0 Å². The molecule has 0 spiro atoms. The van der Waals surface area contributed by atoms with E-state index in [0.717, 1.165) is 11.2 Å². The van der Waals surface area contributed by atoms with Gasteiger partial charge in [-0.3, -0.25) is 0 Å². The Morgan fingerprint density at radius 2 is 2.23 bits per heavy atom. The number of pyridine rings is 1. The van der Waals surface area contributed by atoms with Gasteiger partial charge in [0.25, 0.3) is 0 Å². The van der Waals surface area contributed by atoms with Gasteiger partial charge in [-0.15, -0.1) is 0 Å². The van der Waals surface area contributed by atoms with Gasteiger partial charge in [-0.1, -0.05) is 0 Å². The second-order valence-electron chi connectivity index (χ2n) is 5.81. The maximum absolute atomic E-state index is 5.85. The molecule has 3 aromatic rings. The second kappa shape index (κ2) is 4.59. The Morgan fingerprint density at radius 1 is 1.36 bits per heavy atom. The average molecular weight is 300 g/mol. The van der Waals surface area contributed by atoms with Crippen LogP contribution in [0.4, 0.5) is 5.82 Å². The lowest BCUT2D eigenvalue weighted by molar-refractivity contribution is -0.139. The van der Waals surface area contributed by atoms with Gasteiger partial charge in [-0.05, 0) is 19.9 Å². The Balaban J connectivity index is 1.73. The van der Waals surface area contributed by atoms with Crippen molar-refractivity contribution in [3.63, 3.8) is 0 Å². The van der Waals surface area contributed by atoms with Crippen molar-refractivity contribution in [2.75, 3.05) is 12.3 Å². The number of fused-ring (bicyclic) bond motifs is 2. The van der Waals surface area contributed by atoms with Gasteiger partial charge in [0.15, 0.2) is 17.1 Å². The number of aromatic nitrogens is 5. The summed E-state index contributed by atoms with van der Waals surface area (Å²) in [6.07, 6.45) is 3.13. The first-order valence-corrected chi connectivity index (χ1v) is 7.06. The Kier molecular flexibility index (Phi) is 2.78. The Labute approximate surface area is 126 Å². The summed E-state index contributed by atoms with van der Waals surface area (Å²) in [5.41, 5.74) is 7.92. The average Bonchev–Trinajstić information content (AvgIpc) is 3.01. The van der Waals surface area contributed by atoms with E-state index < -0.39 is 5.79 Å². The third kappa shape index (κ3) is 2.16. The fourth-order valence-corrected chi connectivity index (χ4v) is 2.68. The fraction of sp³-hybridized carbons (Fsp3) is 0.429. The molecular weight excluding hydrogens is 284 g/mol. The van der Waals surface area contributed by atoms with Gasteiger partial charge < -0.3 is 19.8 Å². The van der Waals surface area contributed by atoms with Crippen LogP contribution in [0.3, 0.4) is 0 Å². The summed E-state index contributed by atoms with van der Waals surface area (Å²) in [6, 6.07) is 1.86. The van der Waals surface area contributed by atoms with Crippen LogP contribution >= 0.6 is 0 Å². The second-order valence-corrected chi connectivity index (χ2v) is 5.81. The zero-order chi connectivity index (χ0) is 15.3. The molecule has 0 saturated carbocycles.